The molecule has 0 N–H and O–H groups in total. The van der Waals surface area contributed by atoms with E-state index in [2.05, 4.69) is 158 Å². The van der Waals surface area contributed by atoms with E-state index in [0.717, 1.165) is 0 Å². The summed E-state index contributed by atoms with van der Waals surface area (Å²) in [7, 11) is 0. The lowest BCUT2D eigenvalue weighted by atomic mass is 9.89. The molecule has 0 nitrogen and oxygen atoms in total. The van der Waals surface area contributed by atoms with E-state index in [-0.39, 0.29) is 0 Å². The molecule has 0 spiro atoms. The van der Waals surface area contributed by atoms with Gasteiger partial charge in [-0.2, -0.15) is 0 Å². The van der Waals surface area contributed by atoms with Gasteiger partial charge in [0.1, 0.15) is 0 Å². The summed E-state index contributed by atoms with van der Waals surface area (Å²) in [4.78, 5) is 0. The van der Waals surface area contributed by atoms with Gasteiger partial charge in [-0.1, -0.05) is 158 Å². The fraction of sp³-hybridized carbons (Fsp3) is 0. The Hall–Kier alpha value is -6.24. The van der Waals surface area contributed by atoms with E-state index in [0.29, 0.717) is 0 Å². The van der Waals surface area contributed by atoms with Crippen molar-refractivity contribution in [1.29, 1.82) is 0 Å². The molecule has 14 aromatic carbocycles. The zero-order valence-corrected chi connectivity index (χ0v) is 26.0. The van der Waals surface area contributed by atoms with Crippen molar-refractivity contribution in [3.63, 3.8) is 0 Å². The van der Waals surface area contributed by atoms with Crippen LogP contribution in [-0.4, -0.2) is 0 Å². The molecule has 0 saturated heterocycles. The third kappa shape index (κ3) is 3.06. The third-order valence-corrected chi connectivity index (χ3v) is 11.4. The second-order valence-corrected chi connectivity index (χ2v) is 13.6. The van der Waals surface area contributed by atoms with Crippen molar-refractivity contribution in [3.05, 3.63) is 158 Å². The predicted molar refractivity (Wildman–Crippen MR) is 210 cm³/mol. The standard InChI is InChI=1S/C48H26/c1-3-27-7-8-28-4-2-6-32-30(28)10-12-36-34(32)14-16-40-38(36)18-20-44-42(40)22-24-48-46(44)26-25-45-43-19-17-37-35-11-9-29(27)31(5-1)33(35)13-15-39(37)41(43)21-23-47(45)48/h1-26H. The molecule has 0 unspecified atom stereocenters. The minimum absolute atomic E-state index is 1.23. The Balaban J connectivity index is 1.32. The van der Waals surface area contributed by atoms with Gasteiger partial charge in [-0.25, -0.2) is 0 Å². The van der Waals surface area contributed by atoms with Gasteiger partial charge in [-0.3, -0.25) is 0 Å². The summed E-state index contributed by atoms with van der Waals surface area (Å²) in [5.41, 5.74) is 0. The molecule has 0 radical (unpaired) electrons. The van der Waals surface area contributed by atoms with E-state index in [9.17, 15) is 0 Å². The SMILES string of the molecule is c1cc2ccc3cccc4c3ccc3c4ccc4c3ccc3c4ccc4c3ccc3c5ccc6c7ccc2c(c1)c7ccc6c5ccc34. The predicted octanol–water partition coefficient (Wildman–Crippen LogP) is 13.8. The van der Waals surface area contributed by atoms with Gasteiger partial charge in [0.05, 0.1) is 0 Å². The van der Waals surface area contributed by atoms with E-state index >= 15 is 0 Å². The fourth-order valence-corrected chi connectivity index (χ4v) is 9.17. The molecule has 0 aliphatic rings. The number of hydrogen-bond acceptors (Lipinski definition) is 0. The average Bonchev–Trinajstić information content (AvgIpc) is 3.14. The summed E-state index contributed by atoms with van der Waals surface area (Å²) in [5.74, 6) is 0. The molecule has 0 heteroatoms. The van der Waals surface area contributed by atoms with Crippen LogP contribution in [0.15, 0.2) is 158 Å². The van der Waals surface area contributed by atoms with Crippen LogP contribution in [0.4, 0.5) is 0 Å². The van der Waals surface area contributed by atoms with E-state index in [1.807, 2.05) is 0 Å². The molecule has 0 aliphatic heterocycles. The molecule has 0 amide bonds. The van der Waals surface area contributed by atoms with Crippen LogP contribution in [0, 0.1) is 0 Å². The summed E-state index contributed by atoms with van der Waals surface area (Å²) < 4.78 is 0. The first-order valence-corrected chi connectivity index (χ1v) is 16.8. The van der Waals surface area contributed by atoms with E-state index < -0.39 is 0 Å². The Morgan fingerprint density at radius 2 is 0.292 bits per heavy atom. The van der Waals surface area contributed by atoms with Crippen molar-refractivity contribution >= 4 is 118 Å². The van der Waals surface area contributed by atoms with Crippen molar-refractivity contribution in [2.24, 2.45) is 0 Å². The maximum atomic E-state index is 2.35. The molecule has 14 rings (SSSR count). The van der Waals surface area contributed by atoms with Gasteiger partial charge in [-0.05, 0) is 118 Å². The van der Waals surface area contributed by atoms with Crippen LogP contribution in [-0.2, 0) is 0 Å². The van der Waals surface area contributed by atoms with Crippen molar-refractivity contribution in [2.75, 3.05) is 0 Å². The first-order chi connectivity index (χ1) is 23.8. The lowest BCUT2D eigenvalue weighted by Crippen LogP contribution is -1.87. The van der Waals surface area contributed by atoms with Crippen molar-refractivity contribution in [2.45, 2.75) is 0 Å². The highest BCUT2D eigenvalue weighted by Gasteiger charge is 2.14. The summed E-state index contributed by atoms with van der Waals surface area (Å²) in [6, 6.07) is 60.2. The third-order valence-electron chi connectivity index (χ3n) is 11.4. The number of hydrogen-bond donors (Lipinski definition) is 0. The second kappa shape index (κ2) is 8.76. The molecule has 14 aromatic rings. The van der Waals surface area contributed by atoms with Crippen LogP contribution in [0.5, 0.6) is 0 Å². The molecule has 0 aromatic heterocycles. The maximum Gasteiger partial charge on any atom is -0.00987 e. The Labute approximate surface area is 275 Å². The lowest BCUT2D eigenvalue weighted by Gasteiger charge is -2.14. The van der Waals surface area contributed by atoms with Crippen LogP contribution in [0.1, 0.15) is 0 Å². The van der Waals surface area contributed by atoms with Crippen LogP contribution < -0.4 is 0 Å². The zero-order chi connectivity index (χ0) is 31.1. The number of benzene rings is 11. The molecular weight excluding hydrogens is 577 g/mol. The monoisotopic (exact) mass is 602 g/mol. The van der Waals surface area contributed by atoms with Crippen LogP contribution in [0.25, 0.3) is 118 Å². The van der Waals surface area contributed by atoms with Gasteiger partial charge in [0.15, 0.2) is 0 Å². The topological polar surface area (TPSA) is 0 Å². The molecule has 17 bridgehead atoms. The van der Waals surface area contributed by atoms with Crippen molar-refractivity contribution < 1.29 is 0 Å². The van der Waals surface area contributed by atoms with Gasteiger partial charge in [0.25, 0.3) is 0 Å². The Morgan fingerprint density at radius 3 is 0.500 bits per heavy atom. The molecule has 0 atom stereocenters. The van der Waals surface area contributed by atoms with Gasteiger partial charge >= 0.3 is 0 Å². The number of rotatable bonds is 0. The minimum Gasteiger partial charge on any atom is -0.0610 e. The normalized spacial score (nSPS) is 12.6. The van der Waals surface area contributed by atoms with E-state index in [4.69, 9.17) is 0 Å². The highest BCUT2D eigenvalue weighted by Crippen LogP contribution is 2.42. The average molecular weight is 603 g/mol. The molecule has 0 fully saturated rings. The number of fused-ring (bicyclic) bond motifs is 4. The van der Waals surface area contributed by atoms with E-state index in [1.54, 1.807) is 0 Å². The molecular formula is C48H26. The van der Waals surface area contributed by atoms with Crippen molar-refractivity contribution in [3.8, 4) is 0 Å². The first-order valence-electron chi connectivity index (χ1n) is 16.8. The van der Waals surface area contributed by atoms with Gasteiger partial charge < -0.3 is 0 Å². The maximum absolute atomic E-state index is 2.35. The summed E-state index contributed by atoms with van der Waals surface area (Å²) in [6.45, 7) is 0. The smallest absolute Gasteiger partial charge is 0.00987 e. The van der Waals surface area contributed by atoms with Crippen LogP contribution >= 0.6 is 0 Å². The highest BCUT2D eigenvalue weighted by atomic mass is 14.2. The quantitative estimate of drug-likeness (QED) is 0.152. The molecule has 218 valence electrons. The summed E-state index contributed by atoms with van der Waals surface area (Å²) in [6.07, 6.45) is 0. The van der Waals surface area contributed by atoms with Gasteiger partial charge in [0.2, 0.25) is 0 Å². The van der Waals surface area contributed by atoms with Gasteiger partial charge in [0, 0.05) is 0 Å². The molecule has 0 aliphatic carbocycles. The first kappa shape index (κ1) is 24.9. The second-order valence-electron chi connectivity index (χ2n) is 13.6. The minimum atomic E-state index is 1.23. The van der Waals surface area contributed by atoms with Crippen molar-refractivity contribution in [1.82, 2.24) is 0 Å². The Morgan fingerprint density at radius 1 is 0.125 bits per heavy atom. The summed E-state index contributed by atoms with van der Waals surface area (Å²) >= 11 is 0. The summed E-state index contributed by atoms with van der Waals surface area (Å²) in [5, 5.41) is 28.5. The molecule has 48 heavy (non-hydrogen) atoms. The van der Waals surface area contributed by atoms with E-state index in [1.165, 1.54) is 118 Å². The lowest BCUT2D eigenvalue weighted by molar-refractivity contribution is 1.79. The van der Waals surface area contributed by atoms with Crippen LogP contribution in [0.2, 0.25) is 0 Å². The largest absolute Gasteiger partial charge is 0.0610 e. The fourth-order valence-electron chi connectivity index (χ4n) is 9.17. The van der Waals surface area contributed by atoms with Crippen LogP contribution in [0.3, 0.4) is 0 Å². The Kier molecular flexibility index (Phi) is 4.55. The van der Waals surface area contributed by atoms with Gasteiger partial charge in [-0.15, -0.1) is 0 Å². The molecule has 0 saturated carbocycles. The highest BCUT2D eigenvalue weighted by molar-refractivity contribution is 6.31. The Bertz CT molecular complexity index is 3150. The molecule has 0 heterocycles. The zero-order valence-electron chi connectivity index (χ0n) is 26.0.